The minimum absolute atomic E-state index is 0.0953. The SMILES string of the molecule is Cc1cc(NC(=O)C(C#N)C(=O)C2CC2)ccc1Br. The number of Topliss-reactive ketones (excluding diaryl/α,β-unsaturated/α-hetero) is 1. The molecule has 98 valence electrons. The number of nitrogens with zero attached hydrogens (tertiary/aromatic N) is 1. The minimum Gasteiger partial charge on any atom is -0.325 e. The zero-order chi connectivity index (χ0) is 14.0. The summed E-state index contributed by atoms with van der Waals surface area (Å²) in [5.74, 6) is -2.09. The van der Waals surface area contributed by atoms with Crippen molar-refractivity contribution in [2.75, 3.05) is 5.32 Å². The molecule has 0 aliphatic heterocycles. The monoisotopic (exact) mass is 320 g/mol. The van der Waals surface area contributed by atoms with E-state index in [1.54, 1.807) is 18.2 Å². The van der Waals surface area contributed by atoms with Crippen LogP contribution in [0.5, 0.6) is 0 Å². The number of hydrogen-bond donors (Lipinski definition) is 1. The topological polar surface area (TPSA) is 70.0 Å². The standard InChI is InChI=1S/C14H13BrN2O2/c1-8-6-10(4-5-12(8)15)17-14(19)11(7-16)13(18)9-2-3-9/h4-6,9,11H,2-3H2,1H3,(H,17,19). The molecule has 1 aromatic rings. The molecule has 2 rings (SSSR count). The van der Waals surface area contributed by atoms with E-state index in [9.17, 15) is 9.59 Å². The van der Waals surface area contributed by atoms with Gasteiger partial charge in [-0.1, -0.05) is 15.9 Å². The predicted molar refractivity (Wildman–Crippen MR) is 74.3 cm³/mol. The highest BCUT2D eigenvalue weighted by molar-refractivity contribution is 9.10. The molecule has 0 aromatic heterocycles. The first kappa shape index (κ1) is 13.8. The number of halogens is 1. The zero-order valence-electron chi connectivity index (χ0n) is 10.4. The van der Waals surface area contributed by atoms with Gasteiger partial charge in [-0.25, -0.2) is 0 Å². The molecule has 1 amide bonds. The Morgan fingerprint density at radius 3 is 2.68 bits per heavy atom. The third-order valence-electron chi connectivity index (χ3n) is 3.08. The molecule has 0 saturated heterocycles. The molecule has 0 heterocycles. The molecule has 1 atom stereocenters. The van der Waals surface area contributed by atoms with Gasteiger partial charge in [0.2, 0.25) is 5.91 Å². The van der Waals surface area contributed by atoms with E-state index in [4.69, 9.17) is 5.26 Å². The fraction of sp³-hybridized carbons (Fsp3) is 0.357. The number of amides is 1. The maximum absolute atomic E-state index is 11.9. The number of hydrogen-bond acceptors (Lipinski definition) is 3. The van der Waals surface area contributed by atoms with E-state index in [2.05, 4.69) is 21.2 Å². The van der Waals surface area contributed by atoms with Gasteiger partial charge in [-0.2, -0.15) is 5.26 Å². The maximum Gasteiger partial charge on any atom is 0.249 e. The highest BCUT2D eigenvalue weighted by Crippen LogP contribution is 2.32. The first-order valence-electron chi connectivity index (χ1n) is 6.03. The highest BCUT2D eigenvalue weighted by Gasteiger charge is 2.38. The van der Waals surface area contributed by atoms with Crippen LogP contribution in [0.25, 0.3) is 0 Å². The van der Waals surface area contributed by atoms with Gasteiger partial charge < -0.3 is 5.32 Å². The number of rotatable bonds is 4. The normalized spacial score (nSPS) is 15.4. The van der Waals surface area contributed by atoms with Gasteiger partial charge >= 0.3 is 0 Å². The van der Waals surface area contributed by atoms with Crippen LogP contribution in [0.1, 0.15) is 18.4 Å². The van der Waals surface area contributed by atoms with Crippen LogP contribution in [0.3, 0.4) is 0 Å². The molecule has 0 radical (unpaired) electrons. The fourth-order valence-electron chi connectivity index (χ4n) is 1.79. The van der Waals surface area contributed by atoms with Gasteiger partial charge in [0.1, 0.15) is 0 Å². The van der Waals surface area contributed by atoms with Crippen molar-refractivity contribution in [1.82, 2.24) is 0 Å². The van der Waals surface area contributed by atoms with Gasteiger partial charge in [0, 0.05) is 16.1 Å². The Kier molecular flexibility index (Phi) is 4.01. The molecule has 1 unspecified atom stereocenters. The first-order valence-corrected chi connectivity index (χ1v) is 6.82. The molecular weight excluding hydrogens is 308 g/mol. The number of aryl methyl sites for hydroxylation is 1. The third kappa shape index (κ3) is 3.21. The van der Waals surface area contributed by atoms with Crippen molar-refractivity contribution in [3.05, 3.63) is 28.2 Å². The Morgan fingerprint density at radius 2 is 2.16 bits per heavy atom. The van der Waals surface area contributed by atoms with E-state index < -0.39 is 11.8 Å². The summed E-state index contributed by atoms with van der Waals surface area (Å²) < 4.78 is 0.941. The van der Waals surface area contributed by atoms with Crippen LogP contribution in [0, 0.1) is 30.1 Å². The van der Waals surface area contributed by atoms with E-state index in [0.29, 0.717) is 5.69 Å². The number of carbonyl (C=O) groups is 2. The fourth-order valence-corrected chi connectivity index (χ4v) is 2.04. The van der Waals surface area contributed by atoms with E-state index in [0.717, 1.165) is 22.9 Å². The van der Waals surface area contributed by atoms with E-state index in [1.165, 1.54) is 0 Å². The molecule has 5 heteroatoms. The molecule has 1 aliphatic carbocycles. The van der Waals surface area contributed by atoms with Crippen LogP contribution in [-0.4, -0.2) is 11.7 Å². The Morgan fingerprint density at radius 1 is 1.47 bits per heavy atom. The van der Waals surface area contributed by atoms with Gasteiger partial charge in [-0.05, 0) is 43.5 Å². The first-order chi connectivity index (χ1) is 9.02. The van der Waals surface area contributed by atoms with Crippen molar-refractivity contribution in [2.24, 2.45) is 11.8 Å². The average molecular weight is 321 g/mol. The average Bonchev–Trinajstić information content (AvgIpc) is 3.18. The van der Waals surface area contributed by atoms with Gasteiger partial charge in [0.25, 0.3) is 0 Å². The second-order valence-electron chi connectivity index (χ2n) is 4.69. The minimum atomic E-state index is -1.20. The number of carbonyl (C=O) groups excluding carboxylic acids is 2. The maximum atomic E-state index is 11.9. The van der Waals surface area contributed by atoms with Gasteiger partial charge in [-0.3, -0.25) is 9.59 Å². The molecule has 0 spiro atoms. The lowest BCUT2D eigenvalue weighted by Gasteiger charge is -2.10. The largest absolute Gasteiger partial charge is 0.325 e. The van der Waals surface area contributed by atoms with E-state index >= 15 is 0 Å². The summed E-state index contributed by atoms with van der Waals surface area (Å²) in [4.78, 5) is 23.7. The third-order valence-corrected chi connectivity index (χ3v) is 3.97. The van der Waals surface area contributed by atoms with Gasteiger partial charge in [-0.15, -0.1) is 0 Å². The Balaban J connectivity index is 2.08. The van der Waals surface area contributed by atoms with Crippen molar-refractivity contribution in [2.45, 2.75) is 19.8 Å². The van der Waals surface area contributed by atoms with Crippen molar-refractivity contribution in [1.29, 1.82) is 5.26 Å². The van der Waals surface area contributed by atoms with Crippen LogP contribution in [0.4, 0.5) is 5.69 Å². The van der Waals surface area contributed by atoms with Crippen molar-refractivity contribution >= 4 is 33.3 Å². The van der Waals surface area contributed by atoms with Crippen molar-refractivity contribution in [3.8, 4) is 6.07 Å². The molecule has 1 aliphatic rings. The molecule has 0 bridgehead atoms. The zero-order valence-corrected chi connectivity index (χ0v) is 12.0. The number of ketones is 1. The van der Waals surface area contributed by atoms with E-state index in [1.807, 2.05) is 13.0 Å². The summed E-state index contributed by atoms with van der Waals surface area (Å²) in [6.07, 6.45) is 1.59. The van der Waals surface area contributed by atoms with Crippen molar-refractivity contribution in [3.63, 3.8) is 0 Å². The van der Waals surface area contributed by atoms with Gasteiger partial charge in [0.05, 0.1) is 6.07 Å². The van der Waals surface area contributed by atoms with Gasteiger partial charge in [0.15, 0.2) is 11.7 Å². The summed E-state index contributed by atoms with van der Waals surface area (Å²) in [5, 5.41) is 11.6. The quantitative estimate of drug-likeness (QED) is 0.867. The smallest absolute Gasteiger partial charge is 0.249 e. The summed E-state index contributed by atoms with van der Waals surface area (Å²) in [6.45, 7) is 1.90. The lowest BCUT2D eigenvalue weighted by molar-refractivity contribution is -0.129. The van der Waals surface area contributed by atoms with Crippen LogP contribution in [-0.2, 0) is 9.59 Å². The predicted octanol–water partition coefficient (Wildman–Crippen LogP) is 2.81. The van der Waals surface area contributed by atoms with Crippen molar-refractivity contribution < 1.29 is 9.59 Å². The molecule has 1 fully saturated rings. The number of nitriles is 1. The Bertz CT molecular complexity index is 573. The lowest BCUT2D eigenvalue weighted by Crippen LogP contribution is -2.29. The summed E-state index contributed by atoms with van der Waals surface area (Å²) in [6, 6.07) is 7.13. The summed E-state index contributed by atoms with van der Waals surface area (Å²) in [7, 11) is 0. The molecule has 1 N–H and O–H groups in total. The van der Waals surface area contributed by atoms with Crippen LogP contribution < -0.4 is 5.32 Å². The Labute approximate surface area is 119 Å². The summed E-state index contributed by atoms with van der Waals surface area (Å²) in [5.41, 5.74) is 1.56. The molecule has 4 nitrogen and oxygen atoms in total. The van der Waals surface area contributed by atoms with Crippen LogP contribution >= 0.6 is 15.9 Å². The summed E-state index contributed by atoms with van der Waals surface area (Å²) >= 11 is 3.37. The molecule has 1 saturated carbocycles. The number of benzene rings is 1. The number of anilines is 1. The lowest BCUT2D eigenvalue weighted by atomic mass is 10.0. The highest BCUT2D eigenvalue weighted by atomic mass is 79.9. The second-order valence-corrected chi connectivity index (χ2v) is 5.55. The second kappa shape index (κ2) is 5.54. The molecule has 1 aromatic carbocycles. The van der Waals surface area contributed by atoms with Crippen LogP contribution in [0.15, 0.2) is 22.7 Å². The van der Waals surface area contributed by atoms with Crippen LogP contribution in [0.2, 0.25) is 0 Å². The Hall–Kier alpha value is -1.67. The van der Waals surface area contributed by atoms with E-state index in [-0.39, 0.29) is 11.7 Å². The number of nitrogens with one attached hydrogen (secondary N) is 1. The molecular formula is C14H13BrN2O2. The molecule has 19 heavy (non-hydrogen) atoms.